The van der Waals surface area contributed by atoms with E-state index in [1.807, 2.05) is 0 Å². The molecule has 1 aromatic heterocycles. The third kappa shape index (κ3) is 2.81. The Bertz CT molecular complexity index is 960. The van der Waals surface area contributed by atoms with Gasteiger partial charge in [0.15, 0.2) is 0 Å². The Balaban J connectivity index is 1.96. The van der Waals surface area contributed by atoms with Gasteiger partial charge in [0.1, 0.15) is 11.6 Å². The lowest BCUT2D eigenvalue weighted by Crippen LogP contribution is -2.25. The van der Waals surface area contributed by atoms with Crippen molar-refractivity contribution in [2.24, 2.45) is 0 Å². The molecule has 0 spiro atoms. The van der Waals surface area contributed by atoms with Crippen LogP contribution in [0.1, 0.15) is 11.4 Å². The van der Waals surface area contributed by atoms with Gasteiger partial charge < -0.3 is 0 Å². The topological polar surface area (TPSA) is 83.0 Å². The number of hydrogen-bond acceptors (Lipinski definition) is 4. The van der Waals surface area contributed by atoms with Crippen LogP contribution in [-0.4, -0.2) is 19.3 Å². The summed E-state index contributed by atoms with van der Waals surface area (Å²) >= 11 is 0. The molecule has 24 heavy (non-hydrogen) atoms. The van der Waals surface area contributed by atoms with Gasteiger partial charge in [0, 0.05) is 12.1 Å². The first-order valence-electron chi connectivity index (χ1n) is 7.12. The summed E-state index contributed by atoms with van der Waals surface area (Å²) in [7, 11) is 0. The number of nitro groups is 1. The maximum atomic E-state index is 13.9. The second kappa shape index (κ2) is 6.07. The van der Waals surface area contributed by atoms with Crippen LogP contribution in [0.5, 0.6) is 0 Å². The van der Waals surface area contributed by atoms with E-state index < -0.39 is 16.4 Å². The van der Waals surface area contributed by atoms with E-state index >= 15 is 0 Å². The molecule has 3 aromatic rings. The van der Waals surface area contributed by atoms with E-state index in [0.29, 0.717) is 11.4 Å². The summed E-state index contributed by atoms with van der Waals surface area (Å²) in [6.07, 6.45) is 0. The molecule has 2 aromatic carbocycles. The van der Waals surface area contributed by atoms with E-state index in [1.54, 1.807) is 31.2 Å². The van der Waals surface area contributed by atoms with Crippen LogP contribution in [0.25, 0.3) is 5.69 Å². The van der Waals surface area contributed by atoms with E-state index in [9.17, 15) is 19.3 Å². The number of benzene rings is 2. The summed E-state index contributed by atoms with van der Waals surface area (Å²) < 4.78 is 16.3. The molecule has 0 amide bonds. The molecule has 0 bridgehead atoms. The molecular formula is C16H13FN4O3. The molecule has 0 radical (unpaired) electrons. The third-order valence-electron chi connectivity index (χ3n) is 3.57. The summed E-state index contributed by atoms with van der Waals surface area (Å²) in [5.74, 6) is -0.162. The molecule has 0 fully saturated rings. The molecule has 1 heterocycles. The van der Waals surface area contributed by atoms with E-state index in [2.05, 4.69) is 5.10 Å². The summed E-state index contributed by atoms with van der Waals surface area (Å²) in [4.78, 5) is 22.7. The highest BCUT2D eigenvalue weighted by Crippen LogP contribution is 2.14. The Morgan fingerprint density at radius 2 is 1.83 bits per heavy atom. The van der Waals surface area contributed by atoms with Crippen LogP contribution in [-0.2, 0) is 6.54 Å². The van der Waals surface area contributed by atoms with Crippen LogP contribution in [0.2, 0.25) is 0 Å². The average molecular weight is 328 g/mol. The lowest BCUT2D eigenvalue weighted by Gasteiger charge is -2.03. The SMILES string of the molecule is Cc1nn(Cc2ccc([N+](=O)[O-])cc2)c(=O)n1-c1ccccc1F. The molecule has 0 N–H and O–H groups in total. The van der Waals surface area contributed by atoms with Crippen molar-refractivity contribution < 1.29 is 9.31 Å². The van der Waals surface area contributed by atoms with E-state index in [0.717, 1.165) is 0 Å². The standard InChI is InChI=1S/C16H13FN4O3/c1-11-18-19(10-12-6-8-13(9-7-12)21(23)24)16(22)20(11)15-5-3-2-4-14(15)17/h2-9H,10H2,1H3. The average Bonchev–Trinajstić information content (AvgIpc) is 2.83. The molecule has 0 atom stereocenters. The normalized spacial score (nSPS) is 10.8. The first-order valence-corrected chi connectivity index (χ1v) is 7.12. The van der Waals surface area contributed by atoms with E-state index in [-0.39, 0.29) is 17.9 Å². The zero-order valence-electron chi connectivity index (χ0n) is 12.7. The Kier molecular flexibility index (Phi) is 3.95. The Labute approximate surface area is 135 Å². The van der Waals surface area contributed by atoms with Gasteiger partial charge in [0.25, 0.3) is 5.69 Å². The summed E-state index contributed by atoms with van der Waals surface area (Å²) in [5, 5.41) is 14.8. The second-order valence-corrected chi connectivity index (χ2v) is 5.20. The number of aryl methyl sites for hydroxylation is 1. The van der Waals surface area contributed by atoms with Crippen molar-refractivity contribution >= 4 is 5.69 Å². The minimum atomic E-state index is -0.516. The molecular weight excluding hydrogens is 315 g/mol. The second-order valence-electron chi connectivity index (χ2n) is 5.20. The molecule has 0 aliphatic carbocycles. The summed E-state index contributed by atoms with van der Waals surface area (Å²) in [6, 6.07) is 11.8. The molecule has 122 valence electrons. The minimum Gasteiger partial charge on any atom is -0.258 e. The first kappa shape index (κ1) is 15.6. The Hall–Kier alpha value is -3.29. The number of rotatable bonds is 4. The predicted octanol–water partition coefficient (Wildman–Crippen LogP) is 2.44. The van der Waals surface area contributed by atoms with Crippen LogP contribution in [0, 0.1) is 22.9 Å². The fourth-order valence-corrected chi connectivity index (χ4v) is 2.43. The van der Waals surface area contributed by atoms with Gasteiger partial charge in [0.2, 0.25) is 0 Å². The molecule has 0 aliphatic heterocycles. The highest BCUT2D eigenvalue weighted by atomic mass is 19.1. The van der Waals surface area contributed by atoms with Crippen LogP contribution in [0.15, 0.2) is 53.3 Å². The number of aromatic nitrogens is 3. The van der Waals surface area contributed by atoms with E-state index in [1.165, 1.54) is 33.5 Å². The van der Waals surface area contributed by atoms with Gasteiger partial charge in [0.05, 0.1) is 17.2 Å². The van der Waals surface area contributed by atoms with Crippen molar-refractivity contribution in [3.8, 4) is 5.69 Å². The van der Waals surface area contributed by atoms with Crippen LogP contribution >= 0.6 is 0 Å². The molecule has 0 aliphatic rings. The molecule has 0 unspecified atom stereocenters. The maximum absolute atomic E-state index is 13.9. The molecule has 3 rings (SSSR count). The Morgan fingerprint density at radius 1 is 1.17 bits per heavy atom. The van der Waals surface area contributed by atoms with Crippen molar-refractivity contribution in [3.63, 3.8) is 0 Å². The number of nitro benzene ring substituents is 1. The number of halogens is 1. The number of nitrogens with zero attached hydrogens (tertiary/aromatic N) is 4. The zero-order valence-corrected chi connectivity index (χ0v) is 12.7. The molecule has 8 heteroatoms. The van der Waals surface area contributed by atoms with E-state index in [4.69, 9.17) is 0 Å². The molecule has 7 nitrogen and oxygen atoms in total. The quantitative estimate of drug-likeness (QED) is 0.544. The van der Waals surface area contributed by atoms with Gasteiger partial charge in [-0.3, -0.25) is 10.1 Å². The lowest BCUT2D eigenvalue weighted by atomic mass is 10.2. The zero-order chi connectivity index (χ0) is 17.3. The van der Waals surface area contributed by atoms with Crippen LogP contribution in [0.4, 0.5) is 10.1 Å². The summed E-state index contributed by atoms with van der Waals surface area (Å²) in [6.45, 7) is 1.75. The van der Waals surface area contributed by atoms with Gasteiger partial charge in [-0.2, -0.15) is 5.10 Å². The van der Waals surface area contributed by atoms with Crippen LogP contribution in [0.3, 0.4) is 0 Å². The fraction of sp³-hybridized carbons (Fsp3) is 0.125. The monoisotopic (exact) mass is 328 g/mol. The maximum Gasteiger partial charge on any atom is 0.350 e. The fourth-order valence-electron chi connectivity index (χ4n) is 2.43. The van der Waals surface area contributed by atoms with Crippen molar-refractivity contribution in [1.82, 2.24) is 14.3 Å². The summed E-state index contributed by atoms with van der Waals surface area (Å²) in [5.41, 5.74) is 0.311. The van der Waals surface area contributed by atoms with Crippen LogP contribution < -0.4 is 5.69 Å². The predicted molar refractivity (Wildman–Crippen MR) is 84.7 cm³/mol. The van der Waals surface area contributed by atoms with Crippen molar-refractivity contribution in [3.05, 3.63) is 86.3 Å². The molecule has 0 saturated heterocycles. The third-order valence-corrected chi connectivity index (χ3v) is 3.57. The number of non-ortho nitro benzene ring substituents is 1. The van der Waals surface area contributed by atoms with Gasteiger partial charge in [-0.1, -0.05) is 24.3 Å². The Morgan fingerprint density at radius 3 is 2.46 bits per heavy atom. The van der Waals surface area contributed by atoms with Gasteiger partial charge in [-0.05, 0) is 24.6 Å². The van der Waals surface area contributed by atoms with Crippen molar-refractivity contribution in [2.75, 3.05) is 0 Å². The van der Waals surface area contributed by atoms with Crippen molar-refractivity contribution in [1.29, 1.82) is 0 Å². The highest BCUT2D eigenvalue weighted by Gasteiger charge is 2.15. The number of para-hydroxylation sites is 1. The smallest absolute Gasteiger partial charge is 0.258 e. The van der Waals surface area contributed by atoms with Gasteiger partial charge >= 0.3 is 5.69 Å². The molecule has 0 saturated carbocycles. The number of hydrogen-bond donors (Lipinski definition) is 0. The van der Waals surface area contributed by atoms with Gasteiger partial charge in [-0.15, -0.1) is 0 Å². The minimum absolute atomic E-state index is 0.0286. The largest absolute Gasteiger partial charge is 0.350 e. The van der Waals surface area contributed by atoms with Gasteiger partial charge in [-0.25, -0.2) is 18.4 Å². The van der Waals surface area contributed by atoms with Crippen molar-refractivity contribution in [2.45, 2.75) is 13.5 Å². The first-order chi connectivity index (χ1) is 11.5. The highest BCUT2D eigenvalue weighted by molar-refractivity contribution is 5.35. The lowest BCUT2D eigenvalue weighted by molar-refractivity contribution is -0.384.